The van der Waals surface area contributed by atoms with Gasteiger partial charge in [-0.1, -0.05) is 55.3 Å². The maximum absolute atomic E-state index is 14.3. The van der Waals surface area contributed by atoms with Gasteiger partial charge in [0.1, 0.15) is 18.4 Å². The van der Waals surface area contributed by atoms with Gasteiger partial charge in [-0.25, -0.2) is 12.8 Å². The molecule has 7 nitrogen and oxygen atoms in total. The minimum Gasteiger partial charge on any atom is -0.354 e. The first-order valence-electron chi connectivity index (χ1n) is 10.6. The number of sulfonamides is 1. The molecule has 0 spiro atoms. The first-order chi connectivity index (χ1) is 15.6. The fourth-order valence-electron chi connectivity index (χ4n) is 3.18. The third-order valence-electron chi connectivity index (χ3n) is 5.10. The Hall–Kier alpha value is -2.65. The van der Waals surface area contributed by atoms with Crippen LogP contribution in [0, 0.1) is 5.82 Å². The zero-order valence-electron chi connectivity index (χ0n) is 18.9. The molecule has 0 saturated heterocycles. The van der Waals surface area contributed by atoms with Gasteiger partial charge in [0.15, 0.2) is 0 Å². The molecule has 10 heteroatoms. The molecule has 2 rings (SSSR count). The van der Waals surface area contributed by atoms with E-state index in [-0.39, 0.29) is 22.8 Å². The molecule has 2 aromatic carbocycles. The number of benzene rings is 2. The average molecular weight is 498 g/mol. The van der Waals surface area contributed by atoms with E-state index in [1.165, 1.54) is 42.2 Å². The van der Waals surface area contributed by atoms with Crippen LogP contribution in [-0.2, 0) is 26.2 Å². The van der Waals surface area contributed by atoms with Gasteiger partial charge < -0.3 is 10.2 Å². The SMILES string of the molecule is CCCCNC(=O)[C@H](C)N(Cc1ccccc1F)C(=O)CN(c1ccccc1Cl)S(C)(=O)=O. The van der Waals surface area contributed by atoms with Crippen LogP contribution in [0.1, 0.15) is 32.3 Å². The van der Waals surface area contributed by atoms with Crippen molar-refractivity contribution in [2.24, 2.45) is 0 Å². The summed E-state index contributed by atoms with van der Waals surface area (Å²) < 4.78 is 40.2. The number of hydrogen-bond donors (Lipinski definition) is 1. The van der Waals surface area contributed by atoms with Gasteiger partial charge in [-0.3, -0.25) is 13.9 Å². The van der Waals surface area contributed by atoms with Crippen LogP contribution in [0.25, 0.3) is 0 Å². The van der Waals surface area contributed by atoms with Crippen molar-refractivity contribution in [1.29, 1.82) is 0 Å². The van der Waals surface area contributed by atoms with E-state index >= 15 is 0 Å². The lowest BCUT2D eigenvalue weighted by molar-refractivity contribution is -0.139. The Bertz CT molecular complexity index is 1080. The molecule has 0 saturated carbocycles. The van der Waals surface area contributed by atoms with Crippen molar-refractivity contribution in [2.45, 2.75) is 39.3 Å². The normalized spacial score (nSPS) is 12.2. The third kappa shape index (κ3) is 7.43. The lowest BCUT2D eigenvalue weighted by Crippen LogP contribution is -2.51. The molecule has 2 aromatic rings. The number of carbonyl (C=O) groups excluding carboxylic acids is 2. The lowest BCUT2D eigenvalue weighted by Gasteiger charge is -2.31. The number of carbonyl (C=O) groups is 2. The number of anilines is 1. The smallest absolute Gasteiger partial charge is 0.244 e. The summed E-state index contributed by atoms with van der Waals surface area (Å²) in [6.45, 7) is 3.16. The van der Waals surface area contributed by atoms with Crippen LogP contribution < -0.4 is 9.62 Å². The molecule has 0 unspecified atom stereocenters. The molecule has 180 valence electrons. The van der Waals surface area contributed by atoms with Crippen molar-refractivity contribution in [3.63, 3.8) is 0 Å². The van der Waals surface area contributed by atoms with Crippen LogP contribution >= 0.6 is 11.6 Å². The van der Waals surface area contributed by atoms with E-state index in [0.717, 1.165) is 23.4 Å². The summed E-state index contributed by atoms with van der Waals surface area (Å²) in [5, 5.41) is 2.92. The van der Waals surface area contributed by atoms with Crippen LogP contribution in [-0.4, -0.2) is 50.5 Å². The summed E-state index contributed by atoms with van der Waals surface area (Å²) in [7, 11) is -3.89. The van der Waals surface area contributed by atoms with Crippen LogP contribution in [0.2, 0.25) is 5.02 Å². The molecule has 0 radical (unpaired) electrons. The second-order valence-electron chi connectivity index (χ2n) is 7.65. The number of amides is 2. The van der Waals surface area contributed by atoms with E-state index in [0.29, 0.717) is 6.54 Å². The van der Waals surface area contributed by atoms with Crippen LogP contribution in [0.4, 0.5) is 10.1 Å². The monoisotopic (exact) mass is 497 g/mol. The van der Waals surface area contributed by atoms with E-state index in [9.17, 15) is 22.4 Å². The predicted molar refractivity (Wildman–Crippen MR) is 128 cm³/mol. The highest BCUT2D eigenvalue weighted by Gasteiger charge is 2.31. The number of nitrogens with one attached hydrogen (secondary N) is 1. The van der Waals surface area contributed by atoms with Crippen LogP contribution in [0.3, 0.4) is 0 Å². The number of unbranched alkanes of at least 4 members (excludes halogenated alkanes) is 1. The highest BCUT2D eigenvalue weighted by molar-refractivity contribution is 7.92. The van der Waals surface area contributed by atoms with Crippen molar-refractivity contribution >= 4 is 39.1 Å². The van der Waals surface area contributed by atoms with Gasteiger partial charge in [0.05, 0.1) is 17.0 Å². The van der Waals surface area contributed by atoms with Gasteiger partial charge in [-0.2, -0.15) is 0 Å². The maximum atomic E-state index is 14.3. The van der Waals surface area contributed by atoms with Crippen LogP contribution in [0.15, 0.2) is 48.5 Å². The minimum atomic E-state index is -3.89. The van der Waals surface area contributed by atoms with E-state index in [4.69, 9.17) is 11.6 Å². The van der Waals surface area contributed by atoms with E-state index in [2.05, 4.69) is 5.32 Å². The fourth-order valence-corrected chi connectivity index (χ4v) is 4.33. The molecule has 0 bridgehead atoms. The van der Waals surface area contributed by atoms with Crippen molar-refractivity contribution in [3.8, 4) is 0 Å². The molecule has 1 atom stereocenters. The van der Waals surface area contributed by atoms with Crippen molar-refractivity contribution in [2.75, 3.05) is 23.7 Å². The van der Waals surface area contributed by atoms with Gasteiger partial charge in [0, 0.05) is 18.7 Å². The third-order valence-corrected chi connectivity index (χ3v) is 6.54. The molecule has 1 N–H and O–H groups in total. The predicted octanol–water partition coefficient (Wildman–Crippen LogP) is 3.58. The molecule has 0 heterocycles. The molecule has 0 fully saturated rings. The van der Waals surface area contributed by atoms with E-state index in [1.54, 1.807) is 18.2 Å². The first-order valence-corrected chi connectivity index (χ1v) is 12.8. The number of nitrogens with zero attached hydrogens (tertiary/aromatic N) is 2. The van der Waals surface area contributed by atoms with Crippen molar-refractivity contribution in [1.82, 2.24) is 10.2 Å². The Morgan fingerprint density at radius 1 is 1.12 bits per heavy atom. The van der Waals surface area contributed by atoms with Gasteiger partial charge in [0.25, 0.3) is 0 Å². The van der Waals surface area contributed by atoms with Gasteiger partial charge in [-0.05, 0) is 31.5 Å². The van der Waals surface area contributed by atoms with Gasteiger partial charge >= 0.3 is 0 Å². The number of para-hydroxylation sites is 1. The zero-order valence-corrected chi connectivity index (χ0v) is 20.5. The summed E-state index contributed by atoms with van der Waals surface area (Å²) in [4.78, 5) is 27.2. The van der Waals surface area contributed by atoms with E-state index in [1.807, 2.05) is 6.92 Å². The van der Waals surface area contributed by atoms with Gasteiger partial charge in [-0.15, -0.1) is 0 Å². The standard InChI is InChI=1S/C23H29ClFN3O4S/c1-4-5-14-26-23(30)17(2)27(15-18-10-6-8-12-20(18)25)22(29)16-28(33(3,31)32)21-13-9-7-11-19(21)24/h6-13,17H,4-5,14-16H2,1-3H3,(H,26,30)/t17-/m0/s1. The Labute approximate surface area is 199 Å². The molecule has 33 heavy (non-hydrogen) atoms. The largest absolute Gasteiger partial charge is 0.354 e. The summed E-state index contributed by atoms with van der Waals surface area (Å²) in [6.07, 6.45) is 2.62. The average Bonchev–Trinajstić information content (AvgIpc) is 2.76. The number of hydrogen-bond acceptors (Lipinski definition) is 4. The van der Waals surface area contributed by atoms with Crippen molar-refractivity contribution < 1.29 is 22.4 Å². The Balaban J connectivity index is 2.37. The highest BCUT2D eigenvalue weighted by Crippen LogP contribution is 2.27. The summed E-state index contributed by atoms with van der Waals surface area (Å²) in [5.74, 6) is -1.60. The molecular weight excluding hydrogens is 469 g/mol. The second-order valence-corrected chi connectivity index (χ2v) is 9.97. The van der Waals surface area contributed by atoms with E-state index < -0.39 is 40.2 Å². The van der Waals surface area contributed by atoms with Crippen LogP contribution in [0.5, 0.6) is 0 Å². The summed E-state index contributed by atoms with van der Waals surface area (Å²) >= 11 is 6.18. The molecule has 0 aliphatic heterocycles. The quantitative estimate of drug-likeness (QED) is 0.481. The second kappa shape index (κ2) is 12.0. The van der Waals surface area contributed by atoms with Crippen molar-refractivity contribution in [3.05, 3.63) is 64.9 Å². The molecule has 0 aliphatic carbocycles. The lowest BCUT2D eigenvalue weighted by atomic mass is 10.1. The Kier molecular flexibility index (Phi) is 9.67. The molecule has 0 aromatic heterocycles. The maximum Gasteiger partial charge on any atom is 0.244 e. The molecule has 0 aliphatic rings. The highest BCUT2D eigenvalue weighted by atomic mass is 35.5. The molecular formula is C23H29ClFN3O4S. The minimum absolute atomic E-state index is 0.140. The zero-order chi connectivity index (χ0) is 24.6. The number of rotatable bonds is 11. The fraction of sp³-hybridized carbons (Fsp3) is 0.391. The first kappa shape index (κ1) is 26.6. The topological polar surface area (TPSA) is 86.8 Å². The Morgan fingerprint density at radius 2 is 1.76 bits per heavy atom. The summed E-state index contributed by atoms with van der Waals surface area (Å²) in [6, 6.07) is 11.2. The number of halogens is 2. The Morgan fingerprint density at radius 3 is 2.36 bits per heavy atom. The summed E-state index contributed by atoms with van der Waals surface area (Å²) in [5.41, 5.74) is 0.351. The van der Waals surface area contributed by atoms with Gasteiger partial charge in [0.2, 0.25) is 21.8 Å². The molecule has 2 amide bonds.